The molecule has 0 bridgehead atoms. The van der Waals surface area contributed by atoms with Crippen molar-refractivity contribution in [1.82, 2.24) is 5.01 Å². The number of hydrazone groups is 1. The van der Waals surface area contributed by atoms with Gasteiger partial charge in [0.05, 0.1) is 24.9 Å². The van der Waals surface area contributed by atoms with E-state index in [0.717, 1.165) is 29.9 Å². The van der Waals surface area contributed by atoms with E-state index in [0.29, 0.717) is 22.8 Å². The molecule has 1 aliphatic rings. The summed E-state index contributed by atoms with van der Waals surface area (Å²) in [5.41, 5.74) is 2.61. The third kappa shape index (κ3) is 5.60. The Morgan fingerprint density at radius 2 is 1.87 bits per heavy atom. The molecule has 0 aliphatic carbocycles. The molecule has 8 heteroatoms. The minimum atomic E-state index is -0.421. The number of urea groups is 1. The Labute approximate surface area is 192 Å². The van der Waals surface area contributed by atoms with Gasteiger partial charge in [-0.2, -0.15) is 16.9 Å². The predicted molar refractivity (Wildman–Crippen MR) is 127 cm³/mol. The molecule has 0 saturated heterocycles. The van der Waals surface area contributed by atoms with Crippen molar-refractivity contribution in [2.24, 2.45) is 10.5 Å². The van der Waals surface area contributed by atoms with Gasteiger partial charge in [-0.1, -0.05) is 30.7 Å². The van der Waals surface area contributed by atoms with E-state index in [1.807, 2.05) is 36.0 Å². The number of ether oxygens (including phenoxy) is 1. The molecule has 0 aromatic heterocycles. The molecule has 1 heterocycles. The highest BCUT2D eigenvalue weighted by molar-refractivity contribution is 7.98. The second-order valence-corrected chi connectivity index (χ2v) is 9.09. The lowest BCUT2D eigenvalue weighted by Crippen LogP contribution is -2.35. The maximum atomic E-state index is 12.9. The van der Waals surface area contributed by atoms with E-state index in [9.17, 15) is 9.59 Å². The zero-order valence-corrected chi connectivity index (χ0v) is 19.4. The van der Waals surface area contributed by atoms with Crippen molar-refractivity contribution >= 4 is 46.8 Å². The number of anilines is 1. The van der Waals surface area contributed by atoms with E-state index in [2.05, 4.69) is 23.6 Å². The number of hydrogen-bond donors (Lipinski definition) is 1. The average molecular weight is 460 g/mol. The van der Waals surface area contributed by atoms with Gasteiger partial charge in [-0.05, 0) is 66.8 Å². The second kappa shape index (κ2) is 10.2. The molecule has 0 radical (unpaired) electrons. The molecule has 0 spiro atoms. The lowest BCUT2D eigenvalue weighted by atomic mass is 9.78. The third-order valence-electron chi connectivity index (χ3n) is 5.28. The van der Waals surface area contributed by atoms with Gasteiger partial charge in [0.25, 0.3) is 0 Å². The largest absolute Gasteiger partial charge is 0.465 e. The van der Waals surface area contributed by atoms with Crippen LogP contribution in [-0.4, -0.2) is 48.4 Å². The highest BCUT2D eigenvalue weighted by Gasteiger charge is 2.40. The average Bonchev–Trinajstić information content (AvgIpc) is 3.12. The molecule has 1 N–H and O–H groups in total. The van der Waals surface area contributed by atoms with E-state index in [-0.39, 0.29) is 11.4 Å². The van der Waals surface area contributed by atoms with Crippen LogP contribution in [0.2, 0.25) is 5.02 Å². The molecule has 2 aromatic rings. The number of hydrogen-bond acceptors (Lipinski definition) is 5. The number of benzene rings is 2. The van der Waals surface area contributed by atoms with Crippen LogP contribution in [0.15, 0.2) is 53.6 Å². The van der Waals surface area contributed by atoms with Gasteiger partial charge in [-0.3, -0.25) is 0 Å². The first kappa shape index (κ1) is 23.2. The monoisotopic (exact) mass is 459 g/mol. The minimum Gasteiger partial charge on any atom is -0.465 e. The molecule has 0 saturated carbocycles. The Bertz CT molecular complexity index is 963. The normalized spacial score (nSPS) is 17.9. The Balaban J connectivity index is 1.79. The van der Waals surface area contributed by atoms with Crippen LogP contribution in [0.1, 0.15) is 35.7 Å². The summed E-state index contributed by atoms with van der Waals surface area (Å²) in [6.07, 6.45) is 4.05. The molecule has 3 rings (SSSR count). The summed E-state index contributed by atoms with van der Waals surface area (Å²) in [4.78, 5) is 24.5. The number of esters is 1. The second-order valence-electron chi connectivity index (χ2n) is 7.67. The van der Waals surface area contributed by atoms with E-state index < -0.39 is 5.97 Å². The number of amides is 2. The van der Waals surface area contributed by atoms with Crippen molar-refractivity contribution in [3.63, 3.8) is 0 Å². The van der Waals surface area contributed by atoms with Crippen LogP contribution in [0, 0.1) is 5.41 Å². The Kier molecular flexibility index (Phi) is 7.62. The number of halogens is 1. The number of nitrogens with one attached hydrogen (secondary N) is 1. The zero-order chi connectivity index (χ0) is 22.4. The summed E-state index contributed by atoms with van der Waals surface area (Å²) < 4.78 is 4.70. The molecule has 6 nitrogen and oxygen atoms in total. The maximum Gasteiger partial charge on any atom is 0.342 e. The number of methoxy groups -OCH3 is 1. The molecule has 0 fully saturated rings. The topological polar surface area (TPSA) is 71.0 Å². The van der Waals surface area contributed by atoms with Gasteiger partial charge in [0.15, 0.2) is 0 Å². The Morgan fingerprint density at radius 3 is 2.48 bits per heavy atom. The zero-order valence-electron chi connectivity index (χ0n) is 17.9. The minimum absolute atomic E-state index is 0.254. The third-order valence-corrected chi connectivity index (χ3v) is 6.23. The van der Waals surface area contributed by atoms with E-state index >= 15 is 0 Å². The van der Waals surface area contributed by atoms with Crippen molar-refractivity contribution in [1.29, 1.82) is 0 Å². The Hall–Kier alpha value is -2.51. The number of thioether (sulfide) groups is 1. The summed E-state index contributed by atoms with van der Waals surface area (Å²) in [7, 11) is 1.33. The lowest BCUT2D eigenvalue weighted by molar-refractivity contribution is 0.0600. The van der Waals surface area contributed by atoms with Gasteiger partial charge in [0.1, 0.15) is 0 Å². The fourth-order valence-electron chi connectivity index (χ4n) is 3.61. The van der Waals surface area contributed by atoms with Crippen LogP contribution < -0.4 is 5.32 Å². The molecular weight excluding hydrogens is 434 g/mol. The summed E-state index contributed by atoms with van der Waals surface area (Å²) >= 11 is 7.87. The number of rotatable bonds is 7. The summed E-state index contributed by atoms with van der Waals surface area (Å²) in [5.74, 6) is 0.637. The highest BCUT2D eigenvalue weighted by atomic mass is 35.5. The molecule has 2 aromatic carbocycles. The van der Waals surface area contributed by atoms with Crippen molar-refractivity contribution in [2.75, 3.05) is 31.0 Å². The highest BCUT2D eigenvalue weighted by Crippen LogP contribution is 2.36. The van der Waals surface area contributed by atoms with Gasteiger partial charge >= 0.3 is 12.0 Å². The van der Waals surface area contributed by atoms with Crippen molar-refractivity contribution in [3.8, 4) is 0 Å². The first-order valence-corrected chi connectivity index (χ1v) is 11.7. The smallest absolute Gasteiger partial charge is 0.342 e. The molecule has 1 atom stereocenters. The van der Waals surface area contributed by atoms with Gasteiger partial charge < -0.3 is 10.1 Å². The van der Waals surface area contributed by atoms with Crippen molar-refractivity contribution in [3.05, 3.63) is 64.7 Å². The summed E-state index contributed by atoms with van der Waals surface area (Å²) in [6.45, 7) is 2.64. The maximum absolute atomic E-state index is 12.9. The molecule has 1 aliphatic heterocycles. The molecular formula is C23H26ClN3O3S. The van der Waals surface area contributed by atoms with Gasteiger partial charge in [0, 0.05) is 16.1 Å². The van der Waals surface area contributed by atoms with Crippen molar-refractivity contribution in [2.45, 2.75) is 19.8 Å². The fourth-order valence-corrected chi connectivity index (χ4v) is 4.17. The molecule has 2 amide bonds. The summed E-state index contributed by atoms with van der Waals surface area (Å²) in [6, 6.07) is 13.8. The number of nitrogens with zero attached hydrogens (tertiary/aromatic N) is 2. The predicted octanol–water partition coefficient (Wildman–Crippen LogP) is 5.53. The SMILES string of the molecule is COC(=O)c1ccc(NC(=O)N2CC(C)(CCCSC)C(c3ccc(Cl)cc3)=N2)cc1. The van der Waals surface area contributed by atoms with Gasteiger partial charge in [-0.15, -0.1) is 0 Å². The van der Waals surface area contributed by atoms with Crippen LogP contribution in [0.4, 0.5) is 10.5 Å². The van der Waals surface area contributed by atoms with Crippen LogP contribution >= 0.6 is 23.4 Å². The molecule has 164 valence electrons. The molecule has 31 heavy (non-hydrogen) atoms. The number of carbonyl (C=O) groups excluding carboxylic acids is 2. The fraction of sp³-hybridized carbons (Fsp3) is 0.348. The first-order valence-electron chi connectivity index (χ1n) is 9.97. The van der Waals surface area contributed by atoms with Crippen molar-refractivity contribution < 1.29 is 14.3 Å². The lowest BCUT2D eigenvalue weighted by Gasteiger charge is -2.26. The van der Waals surface area contributed by atoms with Crippen LogP contribution in [0.3, 0.4) is 0 Å². The standard InChI is InChI=1S/C23H26ClN3O3S/c1-23(13-4-14-31-3)15-27(26-20(23)16-5-9-18(24)10-6-16)22(29)25-19-11-7-17(8-12-19)21(28)30-2/h5-12H,4,13-15H2,1-3H3,(H,25,29). The van der Waals surface area contributed by atoms with Crippen LogP contribution in [0.5, 0.6) is 0 Å². The van der Waals surface area contributed by atoms with E-state index in [1.165, 1.54) is 12.1 Å². The first-order chi connectivity index (χ1) is 14.9. The van der Waals surface area contributed by atoms with Crippen LogP contribution in [-0.2, 0) is 4.74 Å². The van der Waals surface area contributed by atoms with Gasteiger partial charge in [-0.25, -0.2) is 14.6 Å². The molecule has 1 unspecified atom stereocenters. The number of carbonyl (C=O) groups is 2. The van der Waals surface area contributed by atoms with Crippen LogP contribution in [0.25, 0.3) is 0 Å². The summed E-state index contributed by atoms with van der Waals surface area (Å²) in [5, 5.41) is 9.69. The van der Waals surface area contributed by atoms with Gasteiger partial charge in [0.2, 0.25) is 0 Å². The Morgan fingerprint density at radius 1 is 1.19 bits per heavy atom. The van der Waals surface area contributed by atoms with E-state index in [4.69, 9.17) is 16.3 Å². The van der Waals surface area contributed by atoms with E-state index in [1.54, 1.807) is 24.3 Å². The quantitative estimate of drug-likeness (QED) is 0.436.